The lowest BCUT2D eigenvalue weighted by atomic mass is 10.1. The molecule has 1 aromatic carbocycles. The summed E-state index contributed by atoms with van der Waals surface area (Å²) in [4.78, 5) is 12.2. The van der Waals surface area contributed by atoms with Gasteiger partial charge in [-0.05, 0) is 18.9 Å². The first-order valence-electron chi connectivity index (χ1n) is 7.28. The van der Waals surface area contributed by atoms with E-state index < -0.39 is 0 Å². The Bertz CT molecular complexity index is 614. The first-order valence-corrected chi connectivity index (χ1v) is 8.33. The smallest absolute Gasteiger partial charge is 0.148 e. The van der Waals surface area contributed by atoms with Crippen molar-refractivity contribution in [3.05, 3.63) is 30.0 Å². The Kier molecular flexibility index (Phi) is 4.10. The lowest BCUT2D eigenvalue weighted by Gasteiger charge is -2.06. The Morgan fingerprint density at radius 1 is 1.35 bits per heavy atom. The van der Waals surface area contributed by atoms with E-state index in [4.69, 9.17) is 0 Å². The molecule has 0 amide bonds. The first kappa shape index (κ1) is 13.7. The number of aryl methyl sites for hydroxylation is 1. The number of Topliss-reactive ketones (excluding diaryl/α,β-unsaturated/α-hetero) is 1. The van der Waals surface area contributed by atoms with E-state index in [1.807, 2.05) is 41.7 Å². The van der Waals surface area contributed by atoms with Crippen molar-refractivity contribution in [1.29, 1.82) is 0 Å². The molecule has 0 aliphatic heterocycles. The summed E-state index contributed by atoms with van der Waals surface area (Å²) in [7, 11) is 1.93. The van der Waals surface area contributed by atoms with Crippen molar-refractivity contribution in [3.63, 3.8) is 0 Å². The monoisotopic (exact) mass is 288 g/mol. The molecule has 106 valence electrons. The second kappa shape index (κ2) is 6.00. The highest BCUT2D eigenvalue weighted by Gasteiger charge is 2.18. The fourth-order valence-corrected chi connectivity index (χ4v) is 4.11. The minimum atomic E-state index is 0.297. The highest BCUT2D eigenvalue weighted by molar-refractivity contribution is 8.00. The van der Waals surface area contributed by atoms with Gasteiger partial charge >= 0.3 is 0 Å². The summed E-state index contributed by atoms with van der Waals surface area (Å²) in [5, 5.41) is 6.31. The lowest BCUT2D eigenvalue weighted by Crippen LogP contribution is -2.09. The Labute approximate surface area is 123 Å². The second-order valence-electron chi connectivity index (χ2n) is 5.52. The molecule has 0 unspecified atom stereocenters. The number of para-hydroxylation sites is 1. The third kappa shape index (κ3) is 2.90. The summed E-state index contributed by atoms with van der Waals surface area (Å²) in [6.07, 6.45) is 5.68. The predicted octanol–water partition coefficient (Wildman–Crippen LogP) is 3.36. The van der Waals surface area contributed by atoms with Crippen LogP contribution in [0.15, 0.2) is 24.3 Å². The van der Waals surface area contributed by atoms with Crippen molar-refractivity contribution < 1.29 is 4.79 Å². The van der Waals surface area contributed by atoms with Gasteiger partial charge in [0.05, 0.1) is 23.4 Å². The molecule has 0 spiro atoms. The topological polar surface area (TPSA) is 34.9 Å². The quantitative estimate of drug-likeness (QED) is 0.846. The fourth-order valence-electron chi connectivity index (χ4n) is 2.92. The van der Waals surface area contributed by atoms with Crippen LogP contribution >= 0.6 is 11.8 Å². The Morgan fingerprint density at radius 3 is 2.90 bits per heavy atom. The zero-order chi connectivity index (χ0) is 13.9. The van der Waals surface area contributed by atoms with Gasteiger partial charge in [0.25, 0.3) is 0 Å². The first-order chi connectivity index (χ1) is 9.74. The molecule has 0 atom stereocenters. The van der Waals surface area contributed by atoms with E-state index in [9.17, 15) is 4.79 Å². The van der Waals surface area contributed by atoms with Gasteiger partial charge < -0.3 is 0 Å². The number of nitrogens with zero attached hydrogens (tertiary/aromatic N) is 2. The van der Waals surface area contributed by atoms with E-state index in [-0.39, 0.29) is 0 Å². The van der Waals surface area contributed by atoms with Crippen molar-refractivity contribution in [2.24, 2.45) is 7.05 Å². The van der Waals surface area contributed by atoms with Gasteiger partial charge in [-0.2, -0.15) is 16.9 Å². The maximum absolute atomic E-state index is 12.2. The molecule has 2 aromatic rings. The molecule has 0 bridgehead atoms. The zero-order valence-electron chi connectivity index (χ0n) is 11.8. The number of aromatic nitrogens is 2. The minimum absolute atomic E-state index is 0.297. The molecule has 20 heavy (non-hydrogen) atoms. The molecule has 0 radical (unpaired) electrons. The van der Waals surface area contributed by atoms with Crippen LogP contribution in [0.25, 0.3) is 10.9 Å². The van der Waals surface area contributed by atoms with E-state index in [1.165, 1.54) is 25.7 Å². The van der Waals surface area contributed by atoms with Gasteiger partial charge in [0, 0.05) is 17.7 Å². The highest BCUT2D eigenvalue weighted by Crippen LogP contribution is 2.29. The van der Waals surface area contributed by atoms with Gasteiger partial charge in [-0.15, -0.1) is 0 Å². The Hall–Kier alpha value is -1.29. The normalized spacial score (nSPS) is 16.1. The summed E-state index contributed by atoms with van der Waals surface area (Å²) < 4.78 is 1.86. The highest BCUT2D eigenvalue weighted by atomic mass is 32.2. The van der Waals surface area contributed by atoms with E-state index >= 15 is 0 Å². The molecule has 1 aromatic heterocycles. The standard InChI is InChI=1S/C16H20N2OS/c1-18-16-9-5-4-8-14(16)15(17-18)10-12(19)11-20-13-6-2-3-7-13/h4-5,8-9,13H,2-3,6-7,10-11H2,1H3. The molecule has 1 fully saturated rings. The molecule has 1 saturated carbocycles. The predicted molar refractivity (Wildman–Crippen MR) is 84.1 cm³/mol. The van der Waals surface area contributed by atoms with Gasteiger partial charge in [-0.1, -0.05) is 31.0 Å². The number of hydrogen-bond donors (Lipinski definition) is 0. The van der Waals surface area contributed by atoms with Crippen LogP contribution in [0.3, 0.4) is 0 Å². The van der Waals surface area contributed by atoms with Crippen molar-refractivity contribution >= 4 is 28.4 Å². The van der Waals surface area contributed by atoms with Gasteiger partial charge in [0.15, 0.2) is 0 Å². The molecule has 3 nitrogen and oxygen atoms in total. The summed E-state index contributed by atoms with van der Waals surface area (Å²) in [5.41, 5.74) is 2.01. The molecule has 0 N–H and O–H groups in total. The number of hydrogen-bond acceptors (Lipinski definition) is 3. The Balaban J connectivity index is 1.65. The number of ketones is 1. The van der Waals surface area contributed by atoms with Crippen LogP contribution in [-0.4, -0.2) is 26.6 Å². The summed E-state index contributed by atoms with van der Waals surface area (Å²) in [6, 6.07) is 8.11. The SMILES string of the molecule is Cn1nc(CC(=O)CSC2CCCC2)c2ccccc21. The number of carbonyl (C=O) groups excluding carboxylic acids is 1. The molecule has 1 heterocycles. The largest absolute Gasteiger partial charge is 0.298 e. The molecular weight excluding hydrogens is 268 g/mol. The van der Waals surface area contributed by atoms with E-state index in [1.54, 1.807) is 0 Å². The van der Waals surface area contributed by atoms with Crippen LogP contribution in [0.5, 0.6) is 0 Å². The summed E-state index contributed by atoms with van der Waals surface area (Å²) in [6.45, 7) is 0. The van der Waals surface area contributed by atoms with Crippen molar-refractivity contribution in [2.45, 2.75) is 37.4 Å². The van der Waals surface area contributed by atoms with E-state index in [2.05, 4.69) is 11.2 Å². The van der Waals surface area contributed by atoms with Crippen LogP contribution < -0.4 is 0 Å². The lowest BCUT2D eigenvalue weighted by molar-refractivity contribution is -0.116. The third-order valence-electron chi connectivity index (χ3n) is 3.98. The molecular formula is C16H20N2OS. The van der Waals surface area contributed by atoms with Crippen molar-refractivity contribution in [2.75, 3.05) is 5.75 Å². The van der Waals surface area contributed by atoms with Crippen LogP contribution in [-0.2, 0) is 18.3 Å². The fraction of sp³-hybridized carbons (Fsp3) is 0.500. The van der Waals surface area contributed by atoms with E-state index in [0.717, 1.165) is 16.6 Å². The third-order valence-corrected chi connectivity index (χ3v) is 5.41. The average Bonchev–Trinajstić information content (AvgIpc) is 3.07. The van der Waals surface area contributed by atoms with Gasteiger partial charge in [-0.3, -0.25) is 9.48 Å². The average molecular weight is 288 g/mol. The second-order valence-corrected chi connectivity index (χ2v) is 6.81. The Morgan fingerprint density at radius 2 is 2.10 bits per heavy atom. The maximum atomic E-state index is 12.2. The van der Waals surface area contributed by atoms with Gasteiger partial charge in [-0.25, -0.2) is 0 Å². The molecule has 0 saturated heterocycles. The molecule has 1 aliphatic rings. The van der Waals surface area contributed by atoms with E-state index in [0.29, 0.717) is 23.2 Å². The number of thioether (sulfide) groups is 1. The number of benzene rings is 1. The van der Waals surface area contributed by atoms with Crippen LogP contribution in [0.2, 0.25) is 0 Å². The number of fused-ring (bicyclic) bond motifs is 1. The van der Waals surface area contributed by atoms with Gasteiger partial charge in [0.2, 0.25) is 0 Å². The van der Waals surface area contributed by atoms with Crippen molar-refractivity contribution in [3.8, 4) is 0 Å². The maximum Gasteiger partial charge on any atom is 0.148 e. The minimum Gasteiger partial charge on any atom is -0.298 e. The summed E-state index contributed by atoms with van der Waals surface area (Å²) >= 11 is 1.84. The number of rotatable bonds is 5. The van der Waals surface area contributed by atoms with Gasteiger partial charge in [0.1, 0.15) is 5.78 Å². The van der Waals surface area contributed by atoms with Crippen molar-refractivity contribution in [1.82, 2.24) is 9.78 Å². The molecule has 3 rings (SSSR count). The van der Waals surface area contributed by atoms with Crippen LogP contribution in [0.4, 0.5) is 0 Å². The van der Waals surface area contributed by atoms with Crippen LogP contribution in [0, 0.1) is 0 Å². The van der Waals surface area contributed by atoms with Crippen LogP contribution in [0.1, 0.15) is 31.4 Å². The molecule has 1 aliphatic carbocycles. The number of carbonyl (C=O) groups is 1. The summed E-state index contributed by atoms with van der Waals surface area (Å²) in [5.74, 6) is 0.931. The zero-order valence-corrected chi connectivity index (χ0v) is 12.7. The molecule has 4 heteroatoms.